The van der Waals surface area contributed by atoms with Gasteiger partial charge >= 0.3 is 0 Å². The highest BCUT2D eigenvalue weighted by molar-refractivity contribution is 6.33. The molecule has 3 aromatic rings. The lowest BCUT2D eigenvalue weighted by Crippen LogP contribution is -2.32. The normalized spacial score (nSPS) is 13.4. The van der Waals surface area contributed by atoms with Crippen molar-refractivity contribution in [2.75, 3.05) is 7.11 Å². The van der Waals surface area contributed by atoms with Crippen LogP contribution in [0.25, 0.3) is 11.3 Å². The molecule has 2 aromatic carbocycles. The van der Waals surface area contributed by atoms with Crippen LogP contribution in [0.4, 0.5) is 0 Å². The van der Waals surface area contributed by atoms with E-state index in [-0.39, 0.29) is 11.9 Å². The van der Waals surface area contributed by atoms with Crippen molar-refractivity contribution >= 4 is 17.5 Å². The predicted molar refractivity (Wildman–Crippen MR) is 105 cm³/mol. The number of nitrogens with zero attached hydrogens (tertiary/aromatic N) is 1. The molecular weight excluding hydrogens is 362 g/mol. The average Bonchev–Trinajstić information content (AvgIpc) is 3.42. The molecule has 0 saturated heterocycles. The summed E-state index contributed by atoms with van der Waals surface area (Å²) in [6.07, 6.45) is 2.06. The zero-order valence-electron chi connectivity index (χ0n) is 15.0. The minimum atomic E-state index is -0.0911. The Morgan fingerprint density at radius 1 is 1.11 bits per heavy atom. The van der Waals surface area contributed by atoms with Crippen molar-refractivity contribution in [3.05, 3.63) is 77.0 Å². The van der Waals surface area contributed by atoms with Crippen molar-refractivity contribution in [1.29, 1.82) is 0 Å². The van der Waals surface area contributed by atoms with Gasteiger partial charge in [0.05, 0.1) is 12.1 Å². The number of hydrogen-bond donors (Lipinski definition) is 0. The second-order valence-corrected chi connectivity index (χ2v) is 7.06. The minimum Gasteiger partial charge on any atom is -0.497 e. The third-order valence-electron chi connectivity index (χ3n) is 4.72. The van der Waals surface area contributed by atoms with Crippen molar-refractivity contribution in [2.24, 2.45) is 0 Å². The molecule has 4 rings (SSSR count). The van der Waals surface area contributed by atoms with Crippen LogP contribution >= 0.6 is 11.6 Å². The fourth-order valence-corrected chi connectivity index (χ4v) is 3.31. The molecule has 0 spiro atoms. The van der Waals surface area contributed by atoms with Gasteiger partial charge in [0.25, 0.3) is 5.91 Å². The van der Waals surface area contributed by atoms with Crippen LogP contribution in [0.3, 0.4) is 0 Å². The fraction of sp³-hybridized carbons (Fsp3) is 0.227. The number of benzene rings is 2. The molecule has 0 N–H and O–H groups in total. The standard InChI is InChI=1S/C22H20ClNO3/c1-26-17-10-6-15(7-11-17)14-24(16-8-9-16)22(25)21-13-12-20(27-21)18-4-2-3-5-19(18)23/h2-7,10-13,16H,8-9,14H2,1H3. The second-order valence-electron chi connectivity index (χ2n) is 6.66. The number of rotatable bonds is 6. The zero-order valence-corrected chi connectivity index (χ0v) is 15.8. The number of halogens is 1. The van der Waals surface area contributed by atoms with Gasteiger partial charge in [-0.25, -0.2) is 0 Å². The lowest BCUT2D eigenvalue weighted by molar-refractivity contribution is 0.0698. The first-order valence-electron chi connectivity index (χ1n) is 8.94. The van der Waals surface area contributed by atoms with Crippen LogP contribution in [0.5, 0.6) is 5.75 Å². The Morgan fingerprint density at radius 3 is 2.52 bits per heavy atom. The monoisotopic (exact) mass is 381 g/mol. The molecule has 27 heavy (non-hydrogen) atoms. The number of furan rings is 1. The van der Waals surface area contributed by atoms with Crippen LogP contribution in [-0.4, -0.2) is 24.0 Å². The lowest BCUT2D eigenvalue weighted by Gasteiger charge is -2.21. The molecule has 1 saturated carbocycles. The average molecular weight is 382 g/mol. The Kier molecular flexibility index (Phi) is 4.90. The molecule has 1 amide bonds. The molecule has 1 heterocycles. The van der Waals surface area contributed by atoms with Gasteiger partial charge in [-0.2, -0.15) is 0 Å². The van der Waals surface area contributed by atoms with Crippen LogP contribution in [-0.2, 0) is 6.54 Å². The molecule has 5 heteroatoms. The fourth-order valence-electron chi connectivity index (χ4n) is 3.08. The summed E-state index contributed by atoms with van der Waals surface area (Å²) in [5.41, 5.74) is 1.85. The van der Waals surface area contributed by atoms with Gasteiger partial charge in [0.2, 0.25) is 0 Å². The zero-order chi connectivity index (χ0) is 18.8. The lowest BCUT2D eigenvalue weighted by atomic mass is 10.2. The smallest absolute Gasteiger partial charge is 0.290 e. The Balaban J connectivity index is 1.55. The van der Waals surface area contributed by atoms with E-state index in [9.17, 15) is 4.79 Å². The first-order chi connectivity index (χ1) is 13.2. The number of methoxy groups -OCH3 is 1. The molecule has 0 bridgehead atoms. The molecule has 1 aliphatic rings. The van der Waals surface area contributed by atoms with Gasteiger partial charge in [-0.1, -0.05) is 35.9 Å². The second kappa shape index (κ2) is 7.49. The van der Waals surface area contributed by atoms with E-state index in [2.05, 4.69) is 0 Å². The molecule has 138 valence electrons. The molecule has 1 aliphatic carbocycles. The van der Waals surface area contributed by atoms with Gasteiger partial charge in [-0.15, -0.1) is 0 Å². The maximum atomic E-state index is 13.1. The van der Waals surface area contributed by atoms with Gasteiger partial charge in [0.1, 0.15) is 11.5 Å². The number of carbonyl (C=O) groups excluding carboxylic acids is 1. The predicted octanol–water partition coefficient (Wildman–Crippen LogP) is 5.41. The van der Waals surface area contributed by atoms with Gasteiger partial charge in [-0.05, 0) is 54.8 Å². The summed E-state index contributed by atoms with van der Waals surface area (Å²) in [6, 6.07) is 19.0. The molecule has 0 atom stereocenters. The molecule has 1 aromatic heterocycles. The topological polar surface area (TPSA) is 42.7 Å². The summed E-state index contributed by atoms with van der Waals surface area (Å²) >= 11 is 6.24. The first kappa shape index (κ1) is 17.7. The summed E-state index contributed by atoms with van der Waals surface area (Å²) in [7, 11) is 1.64. The Labute approximate surface area is 163 Å². The maximum absolute atomic E-state index is 13.1. The number of amides is 1. The van der Waals surface area contributed by atoms with E-state index in [0.29, 0.717) is 23.1 Å². The summed E-state index contributed by atoms with van der Waals surface area (Å²) in [5, 5.41) is 0.600. The van der Waals surface area contributed by atoms with E-state index in [1.54, 1.807) is 25.3 Å². The van der Waals surface area contributed by atoms with Crippen molar-refractivity contribution < 1.29 is 13.9 Å². The van der Waals surface area contributed by atoms with Crippen LogP contribution in [0.15, 0.2) is 65.1 Å². The molecule has 0 unspecified atom stereocenters. The van der Waals surface area contributed by atoms with Gasteiger partial charge in [0, 0.05) is 18.2 Å². The number of carbonyl (C=O) groups is 1. The molecule has 0 aliphatic heterocycles. The van der Waals surface area contributed by atoms with Crippen LogP contribution in [0.2, 0.25) is 5.02 Å². The highest BCUT2D eigenvalue weighted by Crippen LogP contribution is 2.33. The van der Waals surface area contributed by atoms with E-state index in [1.807, 2.05) is 47.4 Å². The first-order valence-corrected chi connectivity index (χ1v) is 9.32. The maximum Gasteiger partial charge on any atom is 0.290 e. The van der Waals surface area contributed by atoms with Gasteiger partial charge < -0.3 is 14.1 Å². The Hall–Kier alpha value is -2.72. The summed E-state index contributed by atoms with van der Waals surface area (Å²) < 4.78 is 11.0. The highest BCUT2D eigenvalue weighted by Gasteiger charge is 2.34. The summed E-state index contributed by atoms with van der Waals surface area (Å²) in [4.78, 5) is 14.9. The minimum absolute atomic E-state index is 0.0911. The van der Waals surface area contributed by atoms with Crippen molar-refractivity contribution in [3.8, 4) is 17.1 Å². The SMILES string of the molecule is COc1ccc(CN(C(=O)c2ccc(-c3ccccc3Cl)o2)C2CC2)cc1. The third kappa shape index (κ3) is 3.86. The molecule has 1 fully saturated rings. The van der Waals surface area contributed by atoms with E-state index in [4.69, 9.17) is 20.8 Å². The third-order valence-corrected chi connectivity index (χ3v) is 5.05. The molecule has 4 nitrogen and oxygen atoms in total. The number of ether oxygens (including phenoxy) is 1. The van der Waals surface area contributed by atoms with Crippen molar-refractivity contribution in [2.45, 2.75) is 25.4 Å². The van der Waals surface area contributed by atoms with E-state index in [1.165, 1.54) is 0 Å². The van der Waals surface area contributed by atoms with Crippen LogP contribution < -0.4 is 4.74 Å². The van der Waals surface area contributed by atoms with E-state index >= 15 is 0 Å². The highest BCUT2D eigenvalue weighted by atomic mass is 35.5. The largest absolute Gasteiger partial charge is 0.497 e. The van der Waals surface area contributed by atoms with E-state index in [0.717, 1.165) is 29.7 Å². The van der Waals surface area contributed by atoms with Crippen molar-refractivity contribution in [3.63, 3.8) is 0 Å². The molecular formula is C22H20ClNO3. The summed E-state index contributed by atoms with van der Waals surface area (Å²) in [5.74, 6) is 1.65. The van der Waals surface area contributed by atoms with Crippen LogP contribution in [0, 0.1) is 0 Å². The van der Waals surface area contributed by atoms with Gasteiger partial charge in [0.15, 0.2) is 5.76 Å². The van der Waals surface area contributed by atoms with Crippen LogP contribution in [0.1, 0.15) is 29.0 Å². The Bertz CT molecular complexity index is 944. The number of hydrogen-bond acceptors (Lipinski definition) is 3. The quantitative estimate of drug-likeness (QED) is 0.573. The van der Waals surface area contributed by atoms with Crippen molar-refractivity contribution in [1.82, 2.24) is 4.90 Å². The summed E-state index contributed by atoms with van der Waals surface area (Å²) in [6.45, 7) is 0.551. The Morgan fingerprint density at radius 2 is 1.85 bits per heavy atom. The van der Waals surface area contributed by atoms with E-state index < -0.39 is 0 Å². The molecule has 0 radical (unpaired) electrons. The van der Waals surface area contributed by atoms with Gasteiger partial charge in [-0.3, -0.25) is 4.79 Å².